The van der Waals surface area contributed by atoms with Gasteiger partial charge in [-0.15, -0.1) is 0 Å². The Hall–Kier alpha value is -15.7. The fourth-order valence-corrected chi connectivity index (χ4v) is 18.8. The molecule has 5 N–H and O–H groups in total. The maximum absolute atomic E-state index is 6.15. The van der Waals surface area contributed by atoms with Gasteiger partial charge in [0, 0.05) is 58.0 Å². The number of imidazole rings is 5. The maximum Gasteiger partial charge on any atom is 0.179 e. The molecule has 20 aromatic rings. The van der Waals surface area contributed by atoms with E-state index in [9.17, 15) is 0 Å². The third-order valence-corrected chi connectivity index (χ3v) is 26.8. The molecule has 4 aliphatic rings. The van der Waals surface area contributed by atoms with Gasteiger partial charge in [-0.1, -0.05) is 264 Å². The number of benzene rings is 10. The highest BCUT2D eigenvalue weighted by Crippen LogP contribution is 2.39. The Kier molecular flexibility index (Phi) is 29.9. The van der Waals surface area contributed by atoms with Crippen LogP contribution in [0.1, 0.15) is 190 Å². The van der Waals surface area contributed by atoms with Gasteiger partial charge in [-0.25, -0.2) is 49.8 Å². The lowest BCUT2D eigenvalue weighted by molar-refractivity contribution is 0.306. The van der Waals surface area contributed by atoms with E-state index in [2.05, 4.69) is 160 Å². The van der Waals surface area contributed by atoms with E-state index < -0.39 is 0 Å². The highest BCUT2D eigenvalue weighted by molar-refractivity contribution is 6.34. The molecule has 3 fully saturated rings. The van der Waals surface area contributed by atoms with Crippen LogP contribution in [-0.2, 0) is 33.0 Å². The first kappa shape index (κ1) is 92.1. The van der Waals surface area contributed by atoms with Crippen LogP contribution in [-0.4, -0.2) is 74.8 Å². The Bertz CT molecular complexity index is 6990. The molecule has 0 radical (unpaired) electrons. The fourth-order valence-electron chi connectivity index (χ4n) is 18.6. The summed E-state index contributed by atoms with van der Waals surface area (Å²) >= 11 is 6.15. The van der Waals surface area contributed by atoms with Crippen LogP contribution < -0.4 is 23.7 Å². The van der Waals surface area contributed by atoms with Crippen LogP contribution in [0.25, 0.3) is 118 Å². The standard InChI is InChI=1S/3C25H25N3O.C25H23N3O.C19H14ClN3O/c2*1-3-7-19(8-4-1)21-15-23-25(26-16-21)28-24(27-23)20-13-11-18(12-14-20)17-29-22-9-5-2-6-10-22;2*1-3-7-18(8-4-1)17-29-21-13-11-20(12-14-21)24-27-23-16-15-22(26-25(23)28-24)19-9-5-2-6-10-19;20-16-10-11-21-19-17(16)22-18(23-19)14-8-6-13(7-9-14)12-24-15-4-2-1-3-5-15/h2*2,5-6,9-16,19H,1,3-4,7-8,17H2,(H,26,27,28);1,3-4,7-8,11-16,19H,2,5-6,9-10,17H2,(H,26,27,28);1,3-4,7-9,11-16H,2,5-6,10,17H2,(H,26,27,28);1-11H,12H2,(H,21,22,23). The van der Waals surface area contributed by atoms with Crippen LogP contribution in [0.3, 0.4) is 0 Å². The topological polar surface area (TPSA) is 254 Å². The molecule has 10 heterocycles. The van der Waals surface area contributed by atoms with Crippen molar-refractivity contribution in [3.63, 3.8) is 0 Å². The smallest absolute Gasteiger partial charge is 0.179 e. The molecule has 0 spiro atoms. The van der Waals surface area contributed by atoms with Gasteiger partial charge in [0.15, 0.2) is 28.2 Å². The van der Waals surface area contributed by atoms with Gasteiger partial charge < -0.3 is 48.6 Å². The predicted molar refractivity (Wildman–Crippen MR) is 559 cm³/mol. The summed E-state index contributed by atoms with van der Waals surface area (Å²) in [6.45, 7) is 2.76. The first-order valence-corrected chi connectivity index (χ1v) is 49.6. The van der Waals surface area contributed by atoms with Gasteiger partial charge >= 0.3 is 0 Å². The average Bonchev–Trinajstić information content (AvgIpc) is 1.67. The second kappa shape index (κ2) is 45.5. The van der Waals surface area contributed by atoms with Crippen LogP contribution in [0, 0.1) is 0 Å². The van der Waals surface area contributed by atoms with Crippen LogP contribution in [0.2, 0.25) is 5.02 Å². The zero-order valence-electron chi connectivity index (χ0n) is 78.4. The number of ether oxygens (including phenoxy) is 5. The molecule has 700 valence electrons. The predicted octanol–water partition coefficient (Wildman–Crippen LogP) is 29.8. The summed E-state index contributed by atoms with van der Waals surface area (Å²) < 4.78 is 29.2. The minimum Gasteiger partial charge on any atom is -0.489 e. The van der Waals surface area contributed by atoms with Crippen molar-refractivity contribution in [2.45, 2.75) is 173 Å². The van der Waals surface area contributed by atoms with E-state index in [1.165, 1.54) is 132 Å². The second-order valence-electron chi connectivity index (χ2n) is 36.3. The molecule has 20 nitrogen and oxygen atoms in total. The van der Waals surface area contributed by atoms with E-state index in [1.54, 1.807) is 12.3 Å². The van der Waals surface area contributed by atoms with Gasteiger partial charge in [0.2, 0.25) is 0 Å². The fraction of sp³-hybridized carbons (Fsp3) is 0.227. The van der Waals surface area contributed by atoms with E-state index >= 15 is 0 Å². The molecule has 0 saturated heterocycles. The Balaban J connectivity index is 0.000000108. The zero-order chi connectivity index (χ0) is 94.2. The number of halogens is 1. The molecule has 0 aliphatic heterocycles. The van der Waals surface area contributed by atoms with Gasteiger partial charge in [-0.2, -0.15) is 0 Å². The van der Waals surface area contributed by atoms with Crippen molar-refractivity contribution in [2.75, 3.05) is 0 Å². The van der Waals surface area contributed by atoms with Crippen molar-refractivity contribution in [3.8, 4) is 85.7 Å². The summed E-state index contributed by atoms with van der Waals surface area (Å²) in [5.41, 5.74) is 25.7. The average molecular weight is 1870 g/mol. The number of aromatic nitrogens is 15. The van der Waals surface area contributed by atoms with E-state index in [-0.39, 0.29) is 0 Å². The number of pyridine rings is 5. The van der Waals surface area contributed by atoms with Crippen LogP contribution >= 0.6 is 11.6 Å². The monoisotopic (exact) mass is 1870 g/mol. The molecule has 140 heavy (non-hydrogen) atoms. The summed E-state index contributed by atoms with van der Waals surface area (Å²) in [4.78, 5) is 63.4. The molecule has 3 saturated carbocycles. The minimum absolute atomic E-state index is 0.526. The number of allylic oxidation sites excluding steroid dienone is 2. The van der Waals surface area contributed by atoms with Gasteiger partial charge in [-0.3, -0.25) is 0 Å². The van der Waals surface area contributed by atoms with Gasteiger partial charge in [-0.05, 0) is 248 Å². The molecule has 21 heteroatoms. The lowest BCUT2D eigenvalue weighted by atomic mass is 9.85. The summed E-state index contributed by atoms with van der Waals surface area (Å²) in [7, 11) is 0. The Morgan fingerprint density at radius 2 is 0.614 bits per heavy atom. The lowest BCUT2D eigenvalue weighted by Crippen LogP contribution is -2.06. The SMILES string of the molecule is C1=C(c2ccc3[nH]c(-c4ccc(OCc5ccccc5)cc4)nc3n2)CCCC1.Clc1ccnc2nc(-c3ccc(COc4ccccc4)cc3)[nH]c12.c1ccc(COc2ccc(-c3nc4nc(C5CCCCC5)ccc4[nH]3)cc2)cc1.c1ccc(OCc2ccc(-c3nc4ncc(C5CCCCC5)cc4[nH]3)cc2)cc1.c1ccc(OCc2ccc(-c3nc4ncc(C5CCCCC5)cc4[nH]3)cc2)cc1. The molecule has 4 aliphatic carbocycles. The molecule has 24 rings (SSSR count). The van der Waals surface area contributed by atoms with Crippen molar-refractivity contribution >= 4 is 73.0 Å². The number of rotatable bonds is 24. The van der Waals surface area contributed by atoms with Crippen molar-refractivity contribution < 1.29 is 23.7 Å². The minimum atomic E-state index is 0.526. The molecular weight excluding hydrogens is 1750 g/mol. The number of hydrogen-bond acceptors (Lipinski definition) is 15. The normalized spacial score (nSPS) is 14.0. The molecule has 0 amide bonds. The van der Waals surface area contributed by atoms with E-state index in [1.807, 2.05) is 213 Å². The Morgan fingerprint density at radius 3 is 1.01 bits per heavy atom. The molecule has 0 atom stereocenters. The zero-order valence-corrected chi connectivity index (χ0v) is 79.2. The number of para-hydroxylation sites is 3. The third kappa shape index (κ3) is 24.1. The molecule has 10 aromatic heterocycles. The van der Waals surface area contributed by atoms with Gasteiger partial charge in [0.25, 0.3) is 0 Å². The number of H-pyrrole nitrogens is 5. The highest BCUT2D eigenvalue weighted by atomic mass is 35.5. The van der Waals surface area contributed by atoms with Crippen molar-refractivity contribution in [3.05, 3.63) is 395 Å². The van der Waals surface area contributed by atoms with Crippen molar-refractivity contribution in [2.24, 2.45) is 0 Å². The summed E-state index contributed by atoms with van der Waals surface area (Å²) in [5.74, 6) is 10.4. The summed E-state index contributed by atoms with van der Waals surface area (Å²) in [6.07, 6.45) is 32.5. The number of aromatic amines is 5. The quantitative estimate of drug-likeness (QED) is 0.0377. The number of hydrogen-bond donors (Lipinski definition) is 5. The number of fused-ring (bicyclic) bond motifs is 5. The van der Waals surface area contributed by atoms with Gasteiger partial charge in [0.1, 0.15) is 96.4 Å². The summed E-state index contributed by atoms with van der Waals surface area (Å²) in [5, 5.41) is 0.617. The number of nitrogens with zero attached hydrogens (tertiary/aromatic N) is 10. The summed E-state index contributed by atoms with van der Waals surface area (Å²) in [6, 6.07) is 106. The van der Waals surface area contributed by atoms with Crippen LogP contribution in [0.5, 0.6) is 28.7 Å². The van der Waals surface area contributed by atoms with Crippen LogP contribution in [0.15, 0.2) is 340 Å². The Labute approximate surface area is 820 Å². The van der Waals surface area contributed by atoms with Crippen molar-refractivity contribution in [1.29, 1.82) is 0 Å². The van der Waals surface area contributed by atoms with Gasteiger partial charge in [0.05, 0.1) is 32.8 Å². The third-order valence-electron chi connectivity index (χ3n) is 26.4. The molecule has 0 unspecified atom stereocenters. The highest BCUT2D eigenvalue weighted by Gasteiger charge is 2.23. The molecule has 0 bridgehead atoms. The van der Waals surface area contributed by atoms with Crippen molar-refractivity contribution in [1.82, 2.24) is 74.8 Å². The Morgan fingerprint density at radius 1 is 0.271 bits per heavy atom. The van der Waals surface area contributed by atoms with E-state index in [0.717, 1.165) is 182 Å². The molecule has 10 aromatic carbocycles. The lowest BCUT2D eigenvalue weighted by Gasteiger charge is -2.21. The first-order chi connectivity index (χ1) is 69.2. The maximum atomic E-state index is 6.15. The number of nitrogens with one attached hydrogen (secondary N) is 5. The van der Waals surface area contributed by atoms with E-state index in [0.29, 0.717) is 61.5 Å². The molecular formula is C119H112ClN15O5. The van der Waals surface area contributed by atoms with Crippen LogP contribution in [0.4, 0.5) is 0 Å². The second-order valence-corrected chi connectivity index (χ2v) is 36.8. The van der Waals surface area contributed by atoms with E-state index in [4.69, 9.17) is 65.2 Å². The largest absolute Gasteiger partial charge is 0.489 e. The first-order valence-electron chi connectivity index (χ1n) is 49.2.